The van der Waals surface area contributed by atoms with Crippen LogP contribution < -0.4 is 9.64 Å². The molecule has 4 rings (SSSR count). The summed E-state index contributed by atoms with van der Waals surface area (Å²) in [7, 11) is 1.57. The van der Waals surface area contributed by atoms with Crippen LogP contribution in [0.15, 0.2) is 36.8 Å². The summed E-state index contributed by atoms with van der Waals surface area (Å²) in [5, 5.41) is 0. The lowest BCUT2D eigenvalue weighted by Crippen LogP contribution is -2.54. The number of amides is 1. The van der Waals surface area contributed by atoms with E-state index >= 15 is 0 Å². The van der Waals surface area contributed by atoms with Gasteiger partial charge in [-0.25, -0.2) is 15.0 Å². The number of ether oxygens (including phenoxy) is 1. The third kappa shape index (κ3) is 3.72. The van der Waals surface area contributed by atoms with E-state index in [0.29, 0.717) is 11.4 Å². The molecule has 0 aliphatic carbocycles. The molecule has 27 heavy (non-hydrogen) atoms. The number of carbonyl (C=O) groups excluding carboxylic acids is 1. The first-order valence-corrected chi connectivity index (χ1v) is 9.50. The van der Waals surface area contributed by atoms with Crippen LogP contribution in [0.4, 0.5) is 5.95 Å². The fourth-order valence-electron chi connectivity index (χ4n) is 4.36. The summed E-state index contributed by atoms with van der Waals surface area (Å²) in [6.45, 7) is 3.46. The van der Waals surface area contributed by atoms with Crippen LogP contribution in [-0.4, -0.2) is 59.0 Å². The highest BCUT2D eigenvalue weighted by atomic mass is 16.5. The molecule has 2 aliphatic heterocycles. The summed E-state index contributed by atoms with van der Waals surface area (Å²) >= 11 is 0. The number of nitrogens with zero attached hydrogens (tertiary/aromatic N) is 5. The molecule has 0 N–H and O–H groups in total. The van der Waals surface area contributed by atoms with E-state index in [9.17, 15) is 4.79 Å². The van der Waals surface area contributed by atoms with Crippen LogP contribution in [0.5, 0.6) is 5.88 Å². The Morgan fingerprint density at radius 3 is 2.56 bits per heavy atom. The Hall–Kier alpha value is -2.70. The molecule has 1 unspecified atom stereocenters. The van der Waals surface area contributed by atoms with Crippen LogP contribution in [0.3, 0.4) is 0 Å². The first-order chi connectivity index (χ1) is 13.2. The Morgan fingerprint density at radius 1 is 1.07 bits per heavy atom. The van der Waals surface area contributed by atoms with Gasteiger partial charge in [0.1, 0.15) is 0 Å². The van der Waals surface area contributed by atoms with Crippen LogP contribution >= 0.6 is 0 Å². The van der Waals surface area contributed by atoms with E-state index < -0.39 is 0 Å². The quantitative estimate of drug-likeness (QED) is 0.830. The van der Waals surface area contributed by atoms with E-state index in [1.807, 2.05) is 11.0 Å². The number of aromatic nitrogens is 3. The first kappa shape index (κ1) is 17.7. The number of rotatable bonds is 3. The number of carbonyl (C=O) groups is 1. The highest BCUT2D eigenvalue weighted by molar-refractivity contribution is 5.94. The first-order valence-electron chi connectivity index (χ1n) is 9.50. The Kier molecular flexibility index (Phi) is 4.92. The van der Waals surface area contributed by atoms with Crippen LogP contribution in [0.25, 0.3) is 0 Å². The Morgan fingerprint density at radius 2 is 1.85 bits per heavy atom. The number of likely N-dealkylation sites (tertiary alicyclic amines) is 1. The standard InChI is InChI=1S/C20H25N5O2/c1-27-17-6-5-16(13-23-17)18(26)24-11-2-7-20(14-24)8-3-12-25(15-20)19-21-9-4-10-22-19/h4-6,9-10,13H,2-3,7-8,11-12,14-15H2,1H3. The maximum absolute atomic E-state index is 13.0. The normalized spacial score (nSPS) is 22.7. The molecule has 2 aliphatic rings. The average molecular weight is 367 g/mol. The Labute approximate surface area is 159 Å². The summed E-state index contributed by atoms with van der Waals surface area (Å²) in [5.74, 6) is 1.36. The van der Waals surface area contributed by atoms with Crippen molar-refractivity contribution >= 4 is 11.9 Å². The molecular weight excluding hydrogens is 342 g/mol. The zero-order valence-electron chi connectivity index (χ0n) is 15.7. The molecule has 1 spiro atoms. The predicted octanol–water partition coefficient (Wildman–Crippen LogP) is 2.40. The number of pyridine rings is 1. The van der Waals surface area contributed by atoms with Crippen molar-refractivity contribution < 1.29 is 9.53 Å². The zero-order chi connectivity index (χ0) is 18.7. The number of piperidine rings is 2. The van der Waals surface area contributed by atoms with Crippen LogP contribution in [-0.2, 0) is 0 Å². The molecule has 7 heteroatoms. The van der Waals surface area contributed by atoms with E-state index in [4.69, 9.17) is 4.74 Å². The highest BCUT2D eigenvalue weighted by Gasteiger charge is 2.41. The van der Waals surface area contributed by atoms with Gasteiger partial charge in [-0.05, 0) is 37.8 Å². The molecule has 2 fully saturated rings. The van der Waals surface area contributed by atoms with Crippen molar-refractivity contribution in [1.82, 2.24) is 19.9 Å². The van der Waals surface area contributed by atoms with Crippen molar-refractivity contribution in [2.45, 2.75) is 25.7 Å². The predicted molar refractivity (Wildman–Crippen MR) is 102 cm³/mol. The molecule has 0 saturated carbocycles. The Balaban J connectivity index is 1.48. The number of hydrogen-bond donors (Lipinski definition) is 0. The van der Waals surface area contributed by atoms with E-state index in [-0.39, 0.29) is 11.3 Å². The van der Waals surface area contributed by atoms with Gasteiger partial charge in [0.15, 0.2) is 0 Å². The molecule has 2 aromatic rings. The maximum atomic E-state index is 13.0. The topological polar surface area (TPSA) is 71.5 Å². The second-order valence-electron chi connectivity index (χ2n) is 7.49. The monoisotopic (exact) mass is 367 g/mol. The summed E-state index contributed by atoms with van der Waals surface area (Å²) in [5.41, 5.74) is 0.734. The molecule has 0 aromatic carbocycles. The molecule has 0 radical (unpaired) electrons. The van der Waals surface area contributed by atoms with E-state index in [2.05, 4.69) is 19.9 Å². The van der Waals surface area contributed by atoms with Crippen molar-refractivity contribution in [1.29, 1.82) is 0 Å². The molecule has 4 heterocycles. The van der Waals surface area contributed by atoms with Gasteiger partial charge in [0, 0.05) is 56.3 Å². The summed E-state index contributed by atoms with van der Waals surface area (Å²) in [6.07, 6.45) is 9.59. The minimum Gasteiger partial charge on any atom is -0.481 e. The van der Waals surface area contributed by atoms with Crippen LogP contribution in [0.2, 0.25) is 0 Å². The van der Waals surface area contributed by atoms with Crippen LogP contribution in [0.1, 0.15) is 36.0 Å². The fourth-order valence-corrected chi connectivity index (χ4v) is 4.36. The van der Waals surface area contributed by atoms with Gasteiger partial charge < -0.3 is 14.5 Å². The van der Waals surface area contributed by atoms with Gasteiger partial charge in [0.2, 0.25) is 11.8 Å². The molecule has 1 atom stereocenters. The molecule has 2 saturated heterocycles. The van der Waals surface area contributed by atoms with Crippen molar-refractivity contribution in [2.24, 2.45) is 5.41 Å². The smallest absolute Gasteiger partial charge is 0.255 e. The molecule has 7 nitrogen and oxygen atoms in total. The Bertz CT molecular complexity index is 779. The van der Waals surface area contributed by atoms with E-state index in [0.717, 1.165) is 57.8 Å². The number of hydrogen-bond acceptors (Lipinski definition) is 6. The largest absolute Gasteiger partial charge is 0.481 e. The van der Waals surface area contributed by atoms with Gasteiger partial charge in [0.25, 0.3) is 5.91 Å². The van der Waals surface area contributed by atoms with Crippen molar-refractivity contribution in [3.8, 4) is 5.88 Å². The third-order valence-electron chi connectivity index (χ3n) is 5.64. The fraction of sp³-hybridized carbons (Fsp3) is 0.500. The second-order valence-corrected chi connectivity index (χ2v) is 7.49. The summed E-state index contributed by atoms with van der Waals surface area (Å²) in [6, 6.07) is 5.37. The van der Waals surface area contributed by atoms with Gasteiger partial charge in [-0.3, -0.25) is 4.79 Å². The minimum atomic E-state index is 0.0531. The van der Waals surface area contributed by atoms with Crippen LogP contribution in [0, 0.1) is 5.41 Å². The summed E-state index contributed by atoms with van der Waals surface area (Å²) in [4.78, 5) is 30.2. The molecule has 1 amide bonds. The SMILES string of the molecule is COc1ccc(C(=O)N2CCCC3(CCCN(c4ncccn4)C3)C2)cn1. The number of methoxy groups -OCH3 is 1. The van der Waals surface area contributed by atoms with E-state index in [1.54, 1.807) is 37.8 Å². The molecule has 2 aromatic heterocycles. The summed E-state index contributed by atoms with van der Waals surface area (Å²) < 4.78 is 5.08. The molecule has 142 valence electrons. The van der Waals surface area contributed by atoms with Crippen molar-refractivity contribution in [2.75, 3.05) is 38.2 Å². The lowest BCUT2D eigenvalue weighted by Gasteiger charge is -2.48. The number of anilines is 1. The lowest BCUT2D eigenvalue weighted by atomic mass is 9.73. The molecular formula is C20H25N5O2. The second kappa shape index (κ2) is 7.50. The molecule has 0 bridgehead atoms. The van der Waals surface area contributed by atoms with Gasteiger partial charge in [-0.2, -0.15) is 0 Å². The minimum absolute atomic E-state index is 0.0531. The lowest BCUT2D eigenvalue weighted by molar-refractivity contribution is 0.0464. The third-order valence-corrected chi connectivity index (χ3v) is 5.64. The van der Waals surface area contributed by atoms with Gasteiger partial charge in [-0.1, -0.05) is 0 Å². The van der Waals surface area contributed by atoms with Gasteiger partial charge in [0.05, 0.1) is 12.7 Å². The zero-order valence-corrected chi connectivity index (χ0v) is 15.7. The maximum Gasteiger partial charge on any atom is 0.255 e. The van der Waals surface area contributed by atoms with Crippen molar-refractivity contribution in [3.05, 3.63) is 42.4 Å². The van der Waals surface area contributed by atoms with Gasteiger partial charge >= 0.3 is 0 Å². The van der Waals surface area contributed by atoms with Crippen molar-refractivity contribution in [3.63, 3.8) is 0 Å². The van der Waals surface area contributed by atoms with Gasteiger partial charge in [-0.15, -0.1) is 0 Å². The average Bonchev–Trinajstić information content (AvgIpc) is 2.74. The van der Waals surface area contributed by atoms with E-state index in [1.165, 1.54) is 0 Å². The highest BCUT2D eigenvalue weighted by Crippen LogP contribution is 2.39.